The largest absolute Gasteiger partial charge is 0.472 e. The van der Waals surface area contributed by atoms with E-state index in [2.05, 4.69) is 0 Å². The molecule has 1 aromatic heterocycles. The predicted molar refractivity (Wildman–Crippen MR) is 53.8 cm³/mol. The lowest BCUT2D eigenvalue weighted by molar-refractivity contribution is 0.0618. The molecule has 2 N–H and O–H groups in total. The predicted octanol–water partition coefficient (Wildman–Crippen LogP) is 2.10. The summed E-state index contributed by atoms with van der Waals surface area (Å²) in [5, 5.41) is 0. The van der Waals surface area contributed by atoms with Crippen molar-refractivity contribution in [1.82, 2.24) is 0 Å². The first-order valence-corrected chi connectivity index (χ1v) is 5.21. The fourth-order valence-corrected chi connectivity index (χ4v) is 1.96. The standard InChI is InChI=1S/C11H17NO2/c12-11(10-3-6-14-8-10)7-9-1-4-13-5-2-9/h3,6,8-9,11H,1-2,4-5,7,12H2. The van der Waals surface area contributed by atoms with Crippen molar-refractivity contribution < 1.29 is 9.15 Å². The van der Waals surface area contributed by atoms with E-state index < -0.39 is 0 Å². The van der Waals surface area contributed by atoms with Crippen LogP contribution in [0.5, 0.6) is 0 Å². The van der Waals surface area contributed by atoms with Crippen molar-refractivity contribution in [2.24, 2.45) is 11.7 Å². The molecule has 1 aliphatic rings. The molecule has 3 heteroatoms. The Bertz CT molecular complexity index is 252. The normalized spacial score (nSPS) is 20.9. The van der Waals surface area contributed by atoms with Crippen LogP contribution in [0, 0.1) is 5.92 Å². The van der Waals surface area contributed by atoms with E-state index in [4.69, 9.17) is 14.9 Å². The molecule has 1 unspecified atom stereocenters. The lowest BCUT2D eigenvalue weighted by Gasteiger charge is -2.24. The van der Waals surface area contributed by atoms with E-state index in [0.29, 0.717) is 5.92 Å². The Morgan fingerprint density at radius 2 is 2.21 bits per heavy atom. The van der Waals surface area contributed by atoms with E-state index in [1.807, 2.05) is 6.07 Å². The highest BCUT2D eigenvalue weighted by atomic mass is 16.5. The minimum atomic E-state index is 0.122. The number of rotatable bonds is 3. The summed E-state index contributed by atoms with van der Waals surface area (Å²) >= 11 is 0. The molecule has 0 spiro atoms. The van der Waals surface area contributed by atoms with Gasteiger partial charge >= 0.3 is 0 Å². The molecule has 1 aliphatic heterocycles. The monoisotopic (exact) mass is 195 g/mol. The van der Waals surface area contributed by atoms with Crippen molar-refractivity contribution in [3.8, 4) is 0 Å². The topological polar surface area (TPSA) is 48.4 Å². The van der Waals surface area contributed by atoms with Crippen LogP contribution in [-0.4, -0.2) is 13.2 Å². The summed E-state index contributed by atoms with van der Waals surface area (Å²) in [5.74, 6) is 0.716. The quantitative estimate of drug-likeness (QED) is 0.803. The first-order chi connectivity index (χ1) is 6.86. The van der Waals surface area contributed by atoms with Crippen LogP contribution in [-0.2, 0) is 4.74 Å². The third-order valence-corrected chi connectivity index (χ3v) is 2.90. The average molecular weight is 195 g/mol. The molecule has 2 heterocycles. The fraction of sp³-hybridized carbons (Fsp3) is 0.636. The summed E-state index contributed by atoms with van der Waals surface area (Å²) in [4.78, 5) is 0. The first-order valence-electron chi connectivity index (χ1n) is 5.21. The van der Waals surface area contributed by atoms with Gasteiger partial charge in [-0.3, -0.25) is 0 Å². The maximum absolute atomic E-state index is 6.07. The van der Waals surface area contributed by atoms with Gasteiger partial charge in [-0.2, -0.15) is 0 Å². The van der Waals surface area contributed by atoms with Gasteiger partial charge in [0.05, 0.1) is 12.5 Å². The maximum atomic E-state index is 6.07. The molecule has 14 heavy (non-hydrogen) atoms. The molecule has 0 aliphatic carbocycles. The number of ether oxygens (including phenoxy) is 1. The first kappa shape index (κ1) is 9.74. The molecular formula is C11H17NO2. The van der Waals surface area contributed by atoms with Crippen molar-refractivity contribution in [3.05, 3.63) is 24.2 Å². The van der Waals surface area contributed by atoms with E-state index >= 15 is 0 Å². The van der Waals surface area contributed by atoms with Gasteiger partial charge in [-0.1, -0.05) is 0 Å². The van der Waals surface area contributed by atoms with Gasteiger partial charge in [0.15, 0.2) is 0 Å². The fourth-order valence-electron chi connectivity index (χ4n) is 1.96. The SMILES string of the molecule is NC(CC1CCOCC1)c1ccoc1. The van der Waals surface area contributed by atoms with Crippen LogP contribution in [0.3, 0.4) is 0 Å². The van der Waals surface area contributed by atoms with Gasteiger partial charge in [0, 0.05) is 24.8 Å². The zero-order valence-electron chi connectivity index (χ0n) is 8.32. The summed E-state index contributed by atoms with van der Waals surface area (Å²) < 4.78 is 10.3. The third-order valence-electron chi connectivity index (χ3n) is 2.90. The zero-order valence-corrected chi connectivity index (χ0v) is 8.32. The van der Waals surface area contributed by atoms with Gasteiger partial charge in [0.1, 0.15) is 0 Å². The minimum Gasteiger partial charge on any atom is -0.472 e. The van der Waals surface area contributed by atoms with Crippen LogP contribution in [0.15, 0.2) is 23.0 Å². The summed E-state index contributed by atoms with van der Waals surface area (Å²) in [7, 11) is 0. The summed E-state index contributed by atoms with van der Waals surface area (Å²) in [5.41, 5.74) is 7.18. The van der Waals surface area contributed by atoms with Gasteiger partial charge in [-0.15, -0.1) is 0 Å². The number of hydrogen-bond donors (Lipinski definition) is 1. The molecule has 78 valence electrons. The molecule has 1 aromatic rings. The Hall–Kier alpha value is -0.800. The number of nitrogens with two attached hydrogens (primary N) is 1. The van der Waals surface area contributed by atoms with E-state index in [1.54, 1.807) is 12.5 Å². The Morgan fingerprint density at radius 3 is 2.86 bits per heavy atom. The van der Waals surface area contributed by atoms with E-state index in [-0.39, 0.29) is 6.04 Å². The van der Waals surface area contributed by atoms with Crippen LogP contribution in [0.1, 0.15) is 30.9 Å². The van der Waals surface area contributed by atoms with Gasteiger partial charge in [0.25, 0.3) is 0 Å². The third kappa shape index (κ3) is 2.36. The molecule has 0 radical (unpaired) electrons. The number of furan rings is 1. The lowest BCUT2D eigenvalue weighted by atomic mass is 9.91. The van der Waals surface area contributed by atoms with Crippen molar-refractivity contribution in [2.45, 2.75) is 25.3 Å². The van der Waals surface area contributed by atoms with Crippen LogP contribution in [0.4, 0.5) is 0 Å². The highest BCUT2D eigenvalue weighted by Gasteiger charge is 2.18. The molecule has 1 saturated heterocycles. The smallest absolute Gasteiger partial charge is 0.0950 e. The second-order valence-corrected chi connectivity index (χ2v) is 3.95. The van der Waals surface area contributed by atoms with E-state index in [9.17, 15) is 0 Å². The average Bonchev–Trinajstić information content (AvgIpc) is 2.72. The maximum Gasteiger partial charge on any atom is 0.0950 e. The lowest BCUT2D eigenvalue weighted by Crippen LogP contribution is -2.21. The van der Waals surface area contributed by atoms with E-state index in [1.165, 1.54) is 0 Å². The van der Waals surface area contributed by atoms with Gasteiger partial charge in [0.2, 0.25) is 0 Å². The van der Waals surface area contributed by atoms with Crippen molar-refractivity contribution in [1.29, 1.82) is 0 Å². The second kappa shape index (κ2) is 4.62. The molecule has 0 aromatic carbocycles. The van der Waals surface area contributed by atoms with Crippen LogP contribution in [0.2, 0.25) is 0 Å². The summed E-state index contributed by atoms with van der Waals surface area (Å²) in [6.07, 6.45) is 6.75. The van der Waals surface area contributed by atoms with E-state index in [0.717, 1.165) is 38.0 Å². The number of hydrogen-bond acceptors (Lipinski definition) is 3. The molecule has 1 atom stereocenters. The van der Waals surface area contributed by atoms with Crippen molar-refractivity contribution >= 4 is 0 Å². The van der Waals surface area contributed by atoms with Gasteiger partial charge in [-0.25, -0.2) is 0 Å². The second-order valence-electron chi connectivity index (χ2n) is 3.95. The summed E-state index contributed by atoms with van der Waals surface area (Å²) in [6.45, 7) is 1.78. The van der Waals surface area contributed by atoms with Gasteiger partial charge < -0.3 is 14.9 Å². The van der Waals surface area contributed by atoms with Crippen LogP contribution in [0.25, 0.3) is 0 Å². The Labute approximate surface area is 84.2 Å². The van der Waals surface area contributed by atoms with Crippen LogP contribution < -0.4 is 5.73 Å². The summed E-state index contributed by atoms with van der Waals surface area (Å²) in [6, 6.07) is 2.07. The Balaban J connectivity index is 1.84. The highest BCUT2D eigenvalue weighted by molar-refractivity contribution is 5.10. The molecule has 1 fully saturated rings. The molecule has 0 saturated carbocycles. The van der Waals surface area contributed by atoms with Crippen molar-refractivity contribution in [2.75, 3.05) is 13.2 Å². The Kier molecular flexibility index (Phi) is 3.22. The zero-order chi connectivity index (χ0) is 9.80. The molecule has 0 bridgehead atoms. The minimum absolute atomic E-state index is 0.122. The highest BCUT2D eigenvalue weighted by Crippen LogP contribution is 2.25. The van der Waals surface area contributed by atoms with Crippen molar-refractivity contribution in [3.63, 3.8) is 0 Å². The molecule has 0 amide bonds. The molecule has 3 nitrogen and oxygen atoms in total. The Morgan fingerprint density at radius 1 is 1.43 bits per heavy atom. The molecular weight excluding hydrogens is 178 g/mol. The van der Waals surface area contributed by atoms with Gasteiger partial charge in [-0.05, 0) is 31.2 Å². The molecule has 2 rings (SSSR count). The van der Waals surface area contributed by atoms with Crippen LogP contribution >= 0.6 is 0 Å².